The van der Waals surface area contributed by atoms with Crippen LogP contribution < -0.4 is 5.32 Å². The molecule has 114 valence electrons. The fraction of sp³-hybridized carbons (Fsp3) is 0.118. The van der Waals surface area contributed by atoms with Crippen molar-refractivity contribution in [3.05, 3.63) is 60.4 Å². The number of hydrogen-bond acceptors (Lipinski definition) is 4. The molecule has 1 aromatic carbocycles. The predicted molar refractivity (Wildman–Crippen MR) is 86.8 cm³/mol. The molecule has 2 aromatic heterocycles. The van der Waals surface area contributed by atoms with Gasteiger partial charge in [0.25, 0.3) is 5.91 Å². The highest BCUT2D eigenvalue weighted by atomic mass is 16.3. The van der Waals surface area contributed by atoms with Gasteiger partial charge in [0.1, 0.15) is 22.7 Å². The molecular formula is C17H14N4O2. The molecule has 1 amide bonds. The summed E-state index contributed by atoms with van der Waals surface area (Å²) in [7, 11) is 0. The van der Waals surface area contributed by atoms with Crippen molar-refractivity contribution >= 4 is 28.2 Å². The summed E-state index contributed by atoms with van der Waals surface area (Å²) in [4.78, 5) is 21.1. The summed E-state index contributed by atoms with van der Waals surface area (Å²) in [5.74, 6) is 0.178. The molecule has 3 aromatic rings. The number of carbonyl (C=O) groups excluding carboxylic acids is 1. The maximum atomic E-state index is 12.6. The summed E-state index contributed by atoms with van der Waals surface area (Å²) in [5, 5.41) is 13.0. The number of aliphatic hydroxyl groups is 1. The maximum absolute atomic E-state index is 12.6. The molecule has 0 spiro atoms. The van der Waals surface area contributed by atoms with Crippen LogP contribution in [0.2, 0.25) is 0 Å². The van der Waals surface area contributed by atoms with E-state index in [0.717, 1.165) is 5.52 Å². The van der Waals surface area contributed by atoms with Crippen LogP contribution in [0, 0.1) is 0 Å². The molecule has 0 aliphatic carbocycles. The quantitative estimate of drug-likeness (QED) is 0.763. The number of pyridine rings is 1. The van der Waals surface area contributed by atoms with Gasteiger partial charge in [0.15, 0.2) is 0 Å². The van der Waals surface area contributed by atoms with Gasteiger partial charge in [-0.1, -0.05) is 18.2 Å². The van der Waals surface area contributed by atoms with Crippen molar-refractivity contribution in [3.8, 4) is 0 Å². The van der Waals surface area contributed by atoms with Crippen molar-refractivity contribution in [2.75, 3.05) is 5.32 Å². The summed E-state index contributed by atoms with van der Waals surface area (Å²) in [6.07, 6.45) is 3.75. The SMILES string of the molecule is O=C(Nc1ccccc1)C1=C(O)CCn2c1nc1cnccc12. The number of benzene rings is 1. The van der Waals surface area contributed by atoms with E-state index in [2.05, 4.69) is 15.3 Å². The first kappa shape index (κ1) is 13.5. The zero-order chi connectivity index (χ0) is 15.8. The fourth-order valence-electron chi connectivity index (χ4n) is 2.82. The molecule has 0 radical (unpaired) electrons. The molecule has 0 fully saturated rings. The van der Waals surface area contributed by atoms with E-state index in [1.54, 1.807) is 24.5 Å². The van der Waals surface area contributed by atoms with Crippen LogP contribution in [0.4, 0.5) is 5.69 Å². The second-order valence-corrected chi connectivity index (χ2v) is 5.34. The zero-order valence-electron chi connectivity index (χ0n) is 12.2. The van der Waals surface area contributed by atoms with Gasteiger partial charge in [-0.05, 0) is 18.2 Å². The highest BCUT2D eigenvalue weighted by Crippen LogP contribution is 2.29. The van der Waals surface area contributed by atoms with Crippen molar-refractivity contribution in [2.24, 2.45) is 0 Å². The van der Waals surface area contributed by atoms with E-state index in [1.807, 2.05) is 28.8 Å². The van der Waals surface area contributed by atoms with Crippen LogP contribution in [0.25, 0.3) is 16.6 Å². The Hall–Kier alpha value is -3.15. The van der Waals surface area contributed by atoms with Crippen molar-refractivity contribution < 1.29 is 9.90 Å². The van der Waals surface area contributed by atoms with Gasteiger partial charge < -0.3 is 15.0 Å². The Kier molecular flexibility index (Phi) is 3.08. The molecule has 6 heteroatoms. The molecule has 23 heavy (non-hydrogen) atoms. The number of aryl methyl sites for hydroxylation is 1. The number of rotatable bonds is 2. The number of aliphatic hydroxyl groups excluding tert-OH is 1. The first-order chi connectivity index (χ1) is 11.2. The van der Waals surface area contributed by atoms with Crippen molar-refractivity contribution in [2.45, 2.75) is 13.0 Å². The summed E-state index contributed by atoms with van der Waals surface area (Å²) in [6, 6.07) is 11.0. The minimum Gasteiger partial charge on any atom is -0.511 e. The number of hydrogen-bond donors (Lipinski definition) is 2. The molecule has 6 nitrogen and oxygen atoms in total. The van der Waals surface area contributed by atoms with Crippen LogP contribution >= 0.6 is 0 Å². The Morgan fingerprint density at radius 2 is 2.04 bits per heavy atom. The van der Waals surface area contributed by atoms with Crippen LogP contribution in [0.1, 0.15) is 12.2 Å². The highest BCUT2D eigenvalue weighted by Gasteiger charge is 2.28. The van der Waals surface area contributed by atoms with E-state index in [1.165, 1.54) is 0 Å². The van der Waals surface area contributed by atoms with Gasteiger partial charge >= 0.3 is 0 Å². The van der Waals surface area contributed by atoms with Gasteiger partial charge in [0.2, 0.25) is 0 Å². The largest absolute Gasteiger partial charge is 0.511 e. The average Bonchev–Trinajstić information content (AvgIpc) is 2.93. The highest BCUT2D eigenvalue weighted by molar-refractivity contribution is 6.25. The third-order valence-electron chi connectivity index (χ3n) is 3.89. The smallest absolute Gasteiger partial charge is 0.262 e. The number of aromatic nitrogens is 3. The Morgan fingerprint density at radius 3 is 2.87 bits per heavy atom. The van der Waals surface area contributed by atoms with Crippen molar-refractivity contribution in [3.63, 3.8) is 0 Å². The molecule has 1 aliphatic rings. The Labute approximate surface area is 132 Å². The van der Waals surface area contributed by atoms with E-state index >= 15 is 0 Å². The van der Waals surface area contributed by atoms with Gasteiger partial charge in [-0.2, -0.15) is 0 Å². The van der Waals surface area contributed by atoms with Gasteiger partial charge in [-0.25, -0.2) is 4.98 Å². The van der Waals surface area contributed by atoms with Crippen molar-refractivity contribution in [1.82, 2.24) is 14.5 Å². The van der Waals surface area contributed by atoms with E-state index < -0.39 is 0 Å². The lowest BCUT2D eigenvalue weighted by atomic mass is 10.1. The van der Waals surface area contributed by atoms with Gasteiger partial charge in [-0.3, -0.25) is 9.78 Å². The first-order valence-electron chi connectivity index (χ1n) is 7.33. The second kappa shape index (κ2) is 5.24. The standard InChI is InChI=1S/C17H14N4O2/c22-14-7-9-21-13-6-8-18-10-12(13)20-16(21)15(14)17(23)19-11-4-2-1-3-5-11/h1-6,8,10,22H,7,9H2,(H,19,23). The van der Waals surface area contributed by atoms with E-state index in [-0.39, 0.29) is 17.2 Å². The van der Waals surface area contributed by atoms with E-state index in [9.17, 15) is 9.90 Å². The summed E-state index contributed by atoms with van der Waals surface area (Å²) < 4.78 is 1.94. The topological polar surface area (TPSA) is 80.0 Å². The van der Waals surface area contributed by atoms with E-state index in [4.69, 9.17) is 0 Å². The van der Waals surface area contributed by atoms with Crippen LogP contribution in [0.5, 0.6) is 0 Å². The molecule has 0 saturated carbocycles. The van der Waals surface area contributed by atoms with Gasteiger partial charge in [-0.15, -0.1) is 0 Å². The number of nitrogens with one attached hydrogen (secondary N) is 1. The summed E-state index contributed by atoms with van der Waals surface area (Å²) in [6.45, 7) is 0.587. The Balaban J connectivity index is 1.78. The second-order valence-electron chi connectivity index (χ2n) is 5.34. The first-order valence-corrected chi connectivity index (χ1v) is 7.33. The number of anilines is 1. The molecular weight excluding hydrogens is 292 g/mol. The molecule has 0 saturated heterocycles. The third-order valence-corrected chi connectivity index (χ3v) is 3.89. The summed E-state index contributed by atoms with van der Waals surface area (Å²) >= 11 is 0. The number of fused-ring (bicyclic) bond motifs is 3. The minimum atomic E-state index is -0.363. The minimum absolute atomic E-state index is 0.0641. The lowest BCUT2D eigenvalue weighted by molar-refractivity contribution is -0.111. The molecule has 0 atom stereocenters. The number of allylic oxidation sites excluding steroid dienone is 1. The summed E-state index contributed by atoms with van der Waals surface area (Å²) in [5.41, 5.74) is 2.51. The molecule has 3 heterocycles. The monoisotopic (exact) mass is 306 g/mol. The predicted octanol–water partition coefficient (Wildman–Crippen LogP) is 2.74. The van der Waals surface area contributed by atoms with Crippen LogP contribution in [0.15, 0.2) is 54.6 Å². The maximum Gasteiger partial charge on any atom is 0.262 e. The van der Waals surface area contributed by atoms with Crippen LogP contribution in [-0.4, -0.2) is 25.5 Å². The number of amides is 1. The normalized spacial score (nSPS) is 13.9. The van der Waals surface area contributed by atoms with Crippen LogP contribution in [-0.2, 0) is 11.3 Å². The molecule has 0 bridgehead atoms. The van der Waals surface area contributed by atoms with Gasteiger partial charge in [0, 0.05) is 24.8 Å². The number of imidazole rings is 1. The Morgan fingerprint density at radius 1 is 1.22 bits per heavy atom. The number of nitrogens with zero attached hydrogens (tertiary/aromatic N) is 3. The van der Waals surface area contributed by atoms with E-state index in [0.29, 0.717) is 30.0 Å². The lowest BCUT2D eigenvalue weighted by Gasteiger charge is -2.18. The van der Waals surface area contributed by atoms with Gasteiger partial charge in [0.05, 0.1) is 11.7 Å². The van der Waals surface area contributed by atoms with Crippen molar-refractivity contribution in [1.29, 1.82) is 0 Å². The molecule has 4 rings (SSSR count). The van der Waals surface area contributed by atoms with Crippen LogP contribution in [0.3, 0.4) is 0 Å². The number of para-hydroxylation sites is 1. The Bertz CT molecular complexity index is 928. The molecule has 0 unspecified atom stereocenters. The zero-order valence-corrected chi connectivity index (χ0v) is 12.2. The number of carbonyl (C=O) groups is 1. The molecule has 2 N–H and O–H groups in total. The fourth-order valence-corrected chi connectivity index (χ4v) is 2.82. The molecule has 1 aliphatic heterocycles. The average molecular weight is 306 g/mol. The third kappa shape index (κ3) is 2.24. The lowest BCUT2D eigenvalue weighted by Crippen LogP contribution is -2.22.